The molecule has 0 atom stereocenters. The minimum atomic E-state index is -1.41. The van der Waals surface area contributed by atoms with Gasteiger partial charge in [0, 0.05) is 7.11 Å². The Morgan fingerprint density at radius 3 is 2.07 bits per heavy atom. The molecule has 0 aromatic heterocycles. The summed E-state index contributed by atoms with van der Waals surface area (Å²) < 4.78 is 9.55. The summed E-state index contributed by atoms with van der Waals surface area (Å²) in [6, 6.07) is 0. The first-order valence-electron chi connectivity index (χ1n) is 4.94. The highest BCUT2D eigenvalue weighted by Gasteiger charge is 2.44. The van der Waals surface area contributed by atoms with Crippen LogP contribution in [-0.4, -0.2) is 37.4 Å². The summed E-state index contributed by atoms with van der Waals surface area (Å²) in [4.78, 5) is 22.6. The first kappa shape index (κ1) is 13.9. The molecule has 1 N–H and O–H groups in total. The van der Waals surface area contributed by atoms with Crippen molar-refractivity contribution in [2.24, 2.45) is 5.41 Å². The Morgan fingerprint density at radius 2 is 1.73 bits per heavy atom. The SMILES string of the molecule is CCC(CC)(C(=O)O)C(=O)OCCOC. The lowest BCUT2D eigenvalue weighted by Gasteiger charge is -2.24. The second-order valence-electron chi connectivity index (χ2n) is 3.22. The van der Waals surface area contributed by atoms with Crippen LogP contribution in [0.1, 0.15) is 26.7 Å². The molecule has 0 aromatic carbocycles. The Bertz CT molecular complexity index is 220. The summed E-state index contributed by atoms with van der Waals surface area (Å²) in [5.41, 5.74) is -1.41. The van der Waals surface area contributed by atoms with Gasteiger partial charge in [0.15, 0.2) is 5.41 Å². The summed E-state index contributed by atoms with van der Waals surface area (Å²) in [6.07, 6.45) is 0.454. The summed E-state index contributed by atoms with van der Waals surface area (Å²) in [5, 5.41) is 9.02. The molecule has 0 aliphatic carbocycles. The molecule has 0 aliphatic rings. The van der Waals surface area contributed by atoms with E-state index in [0.29, 0.717) is 0 Å². The van der Waals surface area contributed by atoms with Gasteiger partial charge < -0.3 is 14.6 Å². The average molecular weight is 218 g/mol. The Kier molecular flexibility index (Phi) is 5.93. The second-order valence-corrected chi connectivity index (χ2v) is 3.22. The number of hydrogen-bond donors (Lipinski definition) is 1. The molecule has 0 bridgehead atoms. The molecule has 5 nitrogen and oxygen atoms in total. The maximum Gasteiger partial charge on any atom is 0.323 e. The quantitative estimate of drug-likeness (QED) is 0.393. The van der Waals surface area contributed by atoms with Crippen LogP contribution >= 0.6 is 0 Å². The van der Waals surface area contributed by atoms with Crippen molar-refractivity contribution in [3.63, 3.8) is 0 Å². The Hall–Kier alpha value is -1.10. The number of rotatable bonds is 7. The van der Waals surface area contributed by atoms with Crippen LogP contribution in [-0.2, 0) is 19.1 Å². The van der Waals surface area contributed by atoms with Crippen LogP contribution in [0.4, 0.5) is 0 Å². The third-order valence-electron chi connectivity index (χ3n) is 2.53. The van der Waals surface area contributed by atoms with Gasteiger partial charge in [-0.1, -0.05) is 13.8 Å². The highest BCUT2D eigenvalue weighted by Crippen LogP contribution is 2.28. The molecule has 0 unspecified atom stereocenters. The lowest BCUT2D eigenvalue weighted by Crippen LogP contribution is -2.40. The van der Waals surface area contributed by atoms with Crippen LogP contribution in [0.25, 0.3) is 0 Å². The number of carbonyl (C=O) groups is 2. The molecule has 0 rings (SSSR count). The van der Waals surface area contributed by atoms with Crippen LogP contribution < -0.4 is 0 Å². The van der Waals surface area contributed by atoms with Crippen molar-refractivity contribution >= 4 is 11.9 Å². The second kappa shape index (κ2) is 6.40. The van der Waals surface area contributed by atoms with Crippen LogP contribution in [0.5, 0.6) is 0 Å². The van der Waals surface area contributed by atoms with Gasteiger partial charge in [0.25, 0.3) is 0 Å². The van der Waals surface area contributed by atoms with Gasteiger partial charge in [0.1, 0.15) is 6.61 Å². The fourth-order valence-corrected chi connectivity index (χ4v) is 1.28. The zero-order valence-electron chi connectivity index (χ0n) is 9.41. The molecular formula is C10H18O5. The number of carboxylic acid groups (broad SMARTS) is 1. The van der Waals surface area contributed by atoms with E-state index in [-0.39, 0.29) is 26.1 Å². The largest absolute Gasteiger partial charge is 0.480 e. The van der Waals surface area contributed by atoms with E-state index in [4.69, 9.17) is 14.6 Å². The van der Waals surface area contributed by atoms with Crippen molar-refractivity contribution < 1.29 is 24.2 Å². The molecule has 0 amide bonds. The summed E-state index contributed by atoms with van der Waals surface area (Å²) in [6.45, 7) is 3.68. The minimum Gasteiger partial charge on any atom is -0.480 e. The molecule has 0 aromatic rings. The summed E-state index contributed by atoms with van der Waals surface area (Å²) in [5.74, 6) is -1.81. The fraction of sp³-hybridized carbons (Fsp3) is 0.800. The maximum atomic E-state index is 11.6. The van der Waals surface area contributed by atoms with E-state index in [9.17, 15) is 9.59 Å². The number of carbonyl (C=O) groups excluding carboxylic acids is 1. The molecule has 0 aliphatic heterocycles. The molecule has 0 radical (unpaired) electrons. The van der Waals surface area contributed by atoms with Crippen molar-refractivity contribution in [1.29, 1.82) is 0 Å². The first-order valence-corrected chi connectivity index (χ1v) is 4.94. The van der Waals surface area contributed by atoms with E-state index >= 15 is 0 Å². The molecule has 0 fully saturated rings. The van der Waals surface area contributed by atoms with Gasteiger partial charge >= 0.3 is 11.9 Å². The number of aliphatic carboxylic acids is 1. The Labute approximate surface area is 89.4 Å². The molecule has 5 heteroatoms. The zero-order chi connectivity index (χ0) is 11.9. The highest BCUT2D eigenvalue weighted by molar-refractivity contribution is 5.99. The van der Waals surface area contributed by atoms with Crippen LogP contribution in [0.3, 0.4) is 0 Å². The fourth-order valence-electron chi connectivity index (χ4n) is 1.28. The number of carboxylic acids is 1. The smallest absolute Gasteiger partial charge is 0.323 e. The lowest BCUT2D eigenvalue weighted by molar-refractivity contribution is -0.170. The number of ether oxygens (including phenoxy) is 2. The van der Waals surface area contributed by atoms with Gasteiger partial charge in [-0.2, -0.15) is 0 Å². The minimum absolute atomic E-state index is 0.0877. The van der Waals surface area contributed by atoms with Gasteiger partial charge in [-0.25, -0.2) is 0 Å². The zero-order valence-corrected chi connectivity index (χ0v) is 9.41. The van der Waals surface area contributed by atoms with Gasteiger partial charge in [-0.05, 0) is 12.8 Å². The predicted molar refractivity (Wildman–Crippen MR) is 53.5 cm³/mol. The van der Waals surface area contributed by atoms with Gasteiger partial charge in [-0.15, -0.1) is 0 Å². The van der Waals surface area contributed by atoms with E-state index in [1.807, 2.05) is 0 Å². The normalized spacial score (nSPS) is 11.1. The summed E-state index contributed by atoms with van der Waals surface area (Å²) in [7, 11) is 1.48. The van der Waals surface area contributed by atoms with Crippen LogP contribution in [0, 0.1) is 5.41 Å². The van der Waals surface area contributed by atoms with Crippen molar-refractivity contribution in [1.82, 2.24) is 0 Å². The first-order chi connectivity index (χ1) is 7.05. The van der Waals surface area contributed by atoms with Gasteiger partial charge in [0.05, 0.1) is 6.61 Å². The molecule has 88 valence electrons. The van der Waals surface area contributed by atoms with Crippen molar-refractivity contribution in [3.05, 3.63) is 0 Å². The monoisotopic (exact) mass is 218 g/mol. The molecule has 15 heavy (non-hydrogen) atoms. The number of hydrogen-bond acceptors (Lipinski definition) is 4. The Morgan fingerprint density at radius 1 is 1.20 bits per heavy atom. The highest BCUT2D eigenvalue weighted by atomic mass is 16.6. The molecule has 0 heterocycles. The van der Waals surface area contributed by atoms with Gasteiger partial charge in [0.2, 0.25) is 0 Å². The van der Waals surface area contributed by atoms with Crippen molar-refractivity contribution in [2.75, 3.05) is 20.3 Å². The van der Waals surface area contributed by atoms with E-state index in [2.05, 4.69) is 0 Å². The van der Waals surface area contributed by atoms with E-state index in [1.54, 1.807) is 13.8 Å². The molecule has 0 spiro atoms. The molecule has 0 saturated heterocycles. The van der Waals surface area contributed by atoms with Crippen LogP contribution in [0.2, 0.25) is 0 Å². The topological polar surface area (TPSA) is 72.8 Å². The molecule has 0 saturated carbocycles. The average Bonchev–Trinajstić information content (AvgIpc) is 2.20. The van der Waals surface area contributed by atoms with Gasteiger partial charge in [-0.3, -0.25) is 9.59 Å². The Balaban J connectivity index is 4.49. The predicted octanol–water partition coefficient (Wildman–Crippen LogP) is 1.07. The molecular weight excluding hydrogens is 200 g/mol. The van der Waals surface area contributed by atoms with E-state index in [0.717, 1.165) is 0 Å². The standard InChI is InChI=1S/C10H18O5/c1-4-10(5-2,8(11)12)9(13)15-7-6-14-3/h4-7H2,1-3H3,(H,11,12). The third kappa shape index (κ3) is 3.20. The van der Waals surface area contributed by atoms with E-state index in [1.165, 1.54) is 7.11 Å². The van der Waals surface area contributed by atoms with Crippen molar-refractivity contribution in [2.45, 2.75) is 26.7 Å². The number of esters is 1. The number of methoxy groups -OCH3 is 1. The lowest BCUT2D eigenvalue weighted by atomic mass is 9.82. The van der Waals surface area contributed by atoms with Crippen LogP contribution in [0.15, 0.2) is 0 Å². The summed E-state index contributed by atoms with van der Waals surface area (Å²) >= 11 is 0. The van der Waals surface area contributed by atoms with E-state index < -0.39 is 17.4 Å². The maximum absolute atomic E-state index is 11.6. The third-order valence-corrected chi connectivity index (χ3v) is 2.53. The van der Waals surface area contributed by atoms with Crippen molar-refractivity contribution in [3.8, 4) is 0 Å².